The fourth-order valence-electron chi connectivity index (χ4n) is 1.95. The van der Waals surface area contributed by atoms with Gasteiger partial charge in [0.15, 0.2) is 0 Å². The summed E-state index contributed by atoms with van der Waals surface area (Å²) in [7, 11) is -3.35. The Hall–Kier alpha value is -1.07. The van der Waals surface area contributed by atoms with Crippen LogP contribution in [0, 0.1) is 0 Å². The van der Waals surface area contributed by atoms with Crippen LogP contribution in [0.1, 0.15) is 33.6 Å². The van der Waals surface area contributed by atoms with Crippen LogP contribution in [-0.4, -0.2) is 32.4 Å². The highest BCUT2D eigenvalue weighted by Gasteiger charge is 2.22. The van der Waals surface area contributed by atoms with Gasteiger partial charge >= 0.3 is 0 Å². The molecule has 0 aromatic heterocycles. The largest absolute Gasteiger partial charge is 0.385 e. The summed E-state index contributed by atoms with van der Waals surface area (Å²) in [5.74, 6) is 0. The van der Waals surface area contributed by atoms with Crippen molar-refractivity contribution in [1.29, 1.82) is 0 Å². The lowest BCUT2D eigenvalue weighted by molar-refractivity contribution is 0.410. The van der Waals surface area contributed by atoms with Crippen molar-refractivity contribution in [2.75, 3.05) is 25.0 Å². The highest BCUT2D eigenvalue weighted by atomic mass is 32.2. The van der Waals surface area contributed by atoms with E-state index in [9.17, 15) is 8.42 Å². The van der Waals surface area contributed by atoms with Gasteiger partial charge in [-0.2, -0.15) is 4.31 Å². The van der Waals surface area contributed by atoms with Gasteiger partial charge in [0.05, 0.1) is 4.90 Å². The zero-order chi connectivity index (χ0) is 14.3. The molecule has 0 amide bonds. The third-order valence-electron chi connectivity index (χ3n) is 2.82. The SMILES string of the molecule is CCCN(CCC)S(=O)(=O)c1ccc(NCC)cc1. The van der Waals surface area contributed by atoms with Gasteiger partial charge in [0.25, 0.3) is 0 Å². The van der Waals surface area contributed by atoms with Crippen molar-refractivity contribution in [2.45, 2.75) is 38.5 Å². The van der Waals surface area contributed by atoms with Crippen LogP contribution in [0.3, 0.4) is 0 Å². The number of benzene rings is 1. The van der Waals surface area contributed by atoms with Crippen LogP contribution in [0.4, 0.5) is 5.69 Å². The summed E-state index contributed by atoms with van der Waals surface area (Å²) in [6.45, 7) is 7.97. The molecule has 0 spiro atoms. The molecule has 0 atom stereocenters. The Morgan fingerprint density at radius 2 is 1.53 bits per heavy atom. The predicted octanol–water partition coefficient (Wildman–Crippen LogP) is 2.93. The number of nitrogens with zero attached hydrogens (tertiary/aromatic N) is 1. The molecule has 0 aliphatic heterocycles. The number of rotatable bonds is 8. The van der Waals surface area contributed by atoms with E-state index in [-0.39, 0.29) is 0 Å². The van der Waals surface area contributed by atoms with Crippen LogP contribution < -0.4 is 5.32 Å². The first-order valence-corrected chi connectivity index (χ1v) is 8.34. The lowest BCUT2D eigenvalue weighted by Crippen LogP contribution is -2.32. The predicted molar refractivity (Wildman–Crippen MR) is 79.9 cm³/mol. The summed E-state index contributed by atoms with van der Waals surface area (Å²) in [6.07, 6.45) is 1.66. The van der Waals surface area contributed by atoms with Gasteiger partial charge in [-0.05, 0) is 44.0 Å². The van der Waals surface area contributed by atoms with E-state index < -0.39 is 10.0 Å². The summed E-state index contributed by atoms with van der Waals surface area (Å²) < 4.78 is 26.5. The Labute approximate surface area is 116 Å². The number of nitrogens with one attached hydrogen (secondary N) is 1. The Bertz CT molecular complexity index is 463. The van der Waals surface area contributed by atoms with Crippen LogP contribution in [0.25, 0.3) is 0 Å². The third-order valence-corrected chi connectivity index (χ3v) is 4.73. The quantitative estimate of drug-likeness (QED) is 0.798. The van der Waals surface area contributed by atoms with Crippen LogP contribution >= 0.6 is 0 Å². The van der Waals surface area contributed by atoms with Gasteiger partial charge in [0.2, 0.25) is 10.0 Å². The van der Waals surface area contributed by atoms with E-state index in [1.807, 2.05) is 32.9 Å². The van der Waals surface area contributed by atoms with Gasteiger partial charge in [-0.3, -0.25) is 0 Å². The minimum absolute atomic E-state index is 0.371. The van der Waals surface area contributed by atoms with Crippen LogP contribution in [0.2, 0.25) is 0 Å². The zero-order valence-corrected chi connectivity index (χ0v) is 12.8. The second kappa shape index (κ2) is 7.50. The van der Waals surface area contributed by atoms with Crippen molar-refractivity contribution in [3.8, 4) is 0 Å². The number of hydrogen-bond donors (Lipinski definition) is 1. The van der Waals surface area contributed by atoms with Crippen molar-refractivity contribution in [3.63, 3.8) is 0 Å². The van der Waals surface area contributed by atoms with E-state index in [2.05, 4.69) is 5.32 Å². The highest BCUT2D eigenvalue weighted by molar-refractivity contribution is 7.89. The van der Waals surface area contributed by atoms with Crippen molar-refractivity contribution >= 4 is 15.7 Å². The topological polar surface area (TPSA) is 49.4 Å². The second-order valence-corrected chi connectivity index (χ2v) is 6.40. The molecule has 19 heavy (non-hydrogen) atoms. The number of anilines is 1. The molecule has 108 valence electrons. The molecule has 1 rings (SSSR count). The van der Waals surface area contributed by atoms with E-state index in [0.717, 1.165) is 25.1 Å². The monoisotopic (exact) mass is 284 g/mol. The first-order valence-electron chi connectivity index (χ1n) is 6.90. The standard InChI is InChI=1S/C14H24N2O2S/c1-4-11-16(12-5-2)19(17,18)14-9-7-13(8-10-14)15-6-3/h7-10,15H,4-6,11-12H2,1-3H3. The lowest BCUT2D eigenvalue weighted by atomic mass is 10.3. The summed E-state index contributed by atoms with van der Waals surface area (Å²) in [6, 6.07) is 6.97. The molecule has 0 radical (unpaired) electrons. The van der Waals surface area contributed by atoms with Gasteiger partial charge in [-0.15, -0.1) is 0 Å². The smallest absolute Gasteiger partial charge is 0.243 e. The van der Waals surface area contributed by atoms with Crippen LogP contribution in [0.15, 0.2) is 29.2 Å². The van der Waals surface area contributed by atoms with Gasteiger partial charge in [-0.1, -0.05) is 13.8 Å². The molecule has 0 bridgehead atoms. The Morgan fingerprint density at radius 1 is 1.00 bits per heavy atom. The molecule has 1 aromatic rings. The minimum Gasteiger partial charge on any atom is -0.385 e. The van der Waals surface area contributed by atoms with Crippen LogP contribution in [0.5, 0.6) is 0 Å². The molecular formula is C14H24N2O2S. The molecule has 0 saturated heterocycles. The number of sulfonamides is 1. The summed E-state index contributed by atoms with van der Waals surface area (Å²) in [5.41, 5.74) is 0.944. The van der Waals surface area contributed by atoms with Gasteiger partial charge in [-0.25, -0.2) is 8.42 Å². The van der Waals surface area contributed by atoms with E-state index in [0.29, 0.717) is 18.0 Å². The first-order chi connectivity index (χ1) is 9.06. The van der Waals surface area contributed by atoms with Crippen molar-refractivity contribution in [2.24, 2.45) is 0 Å². The molecule has 0 unspecified atom stereocenters. The van der Waals surface area contributed by atoms with Gasteiger partial charge in [0, 0.05) is 25.3 Å². The Balaban J connectivity index is 2.96. The summed E-state index contributed by atoms with van der Waals surface area (Å²) >= 11 is 0. The lowest BCUT2D eigenvalue weighted by Gasteiger charge is -2.21. The van der Waals surface area contributed by atoms with Crippen molar-refractivity contribution in [3.05, 3.63) is 24.3 Å². The number of hydrogen-bond acceptors (Lipinski definition) is 3. The Kier molecular flexibility index (Phi) is 6.31. The maximum Gasteiger partial charge on any atom is 0.243 e. The Morgan fingerprint density at radius 3 is 1.95 bits per heavy atom. The maximum atomic E-state index is 12.5. The van der Waals surface area contributed by atoms with Gasteiger partial charge < -0.3 is 5.32 Å². The average Bonchev–Trinajstić information content (AvgIpc) is 2.39. The van der Waals surface area contributed by atoms with Crippen molar-refractivity contribution in [1.82, 2.24) is 4.31 Å². The van der Waals surface area contributed by atoms with Gasteiger partial charge in [0.1, 0.15) is 0 Å². The fraction of sp³-hybridized carbons (Fsp3) is 0.571. The normalized spacial score (nSPS) is 11.8. The minimum atomic E-state index is -3.35. The molecule has 1 N–H and O–H groups in total. The molecule has 1 aromatic carbocycles. The average molecular weight is 284 g/mol. The molecule has 0 saturated carbocycles. The van der Waals surface area contributed by atoms with E-state index >= 15 is 0 Å². The molecule has 0 heterocycles. The molecule has 4 nitrogen and oxygen atoms in total. The molecule has 0 aliphatic rings. The maximum absolute atomic E-state index is 12.5. The fourth-order valence-corrected chi connectivity index (χ4v) is 3.57. The summed E-state index contributed by atoms with van der Waals surface area (Å²) in [4.78, 5) is 0.371. The van der Waals surface area contributed by atoms with E-state index in [1.54, 1.807) is 16.4 Å². The van der Waals surface area contributed by atoms with Crippen molar-refractivity contribution < 1.29 is 8.42 Å². The molecular weight excluding hydrogens is 260 g/mol. The van der Waals surface area contributed by atoms with Crippen LogP contribution in [-0.2, 0) is 10.0 Å². The van der Waals surface area contributed by atoms with E-state index in [4.69, 9.17) is 0 Å². The molecule has 5 heteroatoms. The highest BCUT2D eigenvalue weighted by Crippen LogP contribution is 2.19. The first kappa shape index (κ1) is 16.0. The van der Waals surface area contributed by atoms with E-state index in [1.165, 1.54) is 0 Å². The second-order valence-electron chi connectivity index (χ2n) is 4.46. The zero-order valence-electron chi connectivity index (χ0n) is 12.0. The molecule has 0 aliphatic carbocycles. The summed E-state index contributed by atoms with van der Waals surface area (Å²) in [5, 5.41) is 3.16. The molecule has 0 fully saturated rings. The third kappa shape index (κ3) is 4.21.